The van der Waals surface area contributed by atoms with Crippen LogP contribution >= 0.6 is 0 Å². The summed E-state index contributed by atoms with van der Waals surface area (Å²) in [6, 6.07) is 6.57. The lowest BCUT2D eigenvalue weighted by Gasteiger charge is -2.40. The van der Waals surface area contributed by atoms with Crippen molar-refractivity contribution in [1.82, 2.24) is 0 Å². The molecule has 0 amide bonds. The molecule has 1 saturated carbocycles. The van der Waals surface area contributed by atoms with Crippen molar-refractivity contribution in [2.45, 2.75) is 57.4 Å². The van der Waals surface area contributed by atoms with Gasteiger partial charge in [0.05, 0.1) is 16.8 Å². The molecular formula is C21H30N2O3. The van der Waals surface area contributed by atoms with E-state index in [1.54, 1.807) is 0 Å². The zero-order valence-electron chi connectivity index (χ0n) is 15.9. The molecule has 2 aliphatic rings. The molecule has 1 aromatic carbocycles. The third-order valence-corrected chi connectivity index (χ3v) is 5.80. The molecule has 3 rings (SSSR count). The van der Waals surface area contributed by atoms with Crippen LogP contribution in [0, 0.1) is 0 Å². The second kappa shape index (κ2) is 7.70. The number of hydrogen-bond donors (Lipinski definition) is 2. The number of carboxylic acid groups (broad SMARTS) is 1. The summed E-state index contributed by atoms with van der Waals surface area (Å²) in [4.78, 5) is 14.3. The number of benzene rings is 1. The number of aliphatic carboxylic acids is 1. The molecule has 26 heavy (non-hydrogen) atoms. The second-order valence-corrected chi connectivity index (χ2v) is 7.51. The predicted molar refractivity (Wildman–Crippen MR) is 105 cm³/mol. The summed E-state index contributed by atoms with van der Waals surface area (Å²) >= 11 is 0. The van der Waals surface area contributed by atoms with Crippen molar-refractivity contribution in [2.24, 2.45) is 0 Å². The van der Waals surface area contributed by atoms with Crippen molar-refractivity contribution in [3.63, 3.8) is 0 Å². The normalized spacial score (nSPS) is 19.5. The maximum Gasteiger partial charge on any atom is 0.314 e. The average Bonchev–Trinajstić information content (AvgIpc) is 2.56. The summed E-state index contributed by atoms with van der Waals surface area (Å²) in [5.74, 6) is -0.713. The average molecular weight is 358 g/mol. The van der Waals surface area contributed by atoms with E-state index in [0.29, 0.717) is 18.9 Å². The Bertz CT molecular complexity index is 676. The van der Waals surface area contributed by atoms with E-state index in [4.69, 9.17) is 4.74 Å². The Morgan fingerprint density at radius 1 is 1.38 bits per heavy atom. The molecule has 0 aromatic heterocycles. The predicted octanol–water partition coefficient (Wildman–Crippen LogP) is 4.14. The zero-order valence-corrected chi connectivity index (χ0v) is 15.9. The molecule has 0 atom stereocenters. The lowest BCUT2D eigenvalue weighted by atomic mass is 9.64. The van der Waals surface area contributed by atoms with Gasteiger partial charge in [0.2, 0.25) is 0 Å². The Kier molecular flexibility index (Phi) is 5.56. The van der Waals surface area contributed by atoms with Gasteiger partial charge in [-0.2, -0.15) is 0 Å². The van der Waals surface area contributed by atoms with Crippen LogP contribution in [0.2, 0.25) is 0 Å². The molecule has 0 unspecified atom stereocenters. The van der Waals surface area contributed by atoms with Gasteiger partial charge in [0.15, 0.2) is 0 Å². The van der Waals surface area contributed by atoms with Crippen LogP contribution in [-0.4, -0.2) is 36.9 Å². The number of allylic oxidation sites excluding steroid dienone is 1. The van der Waals surface area contributed by atoms with Crippen LogP contribution < -0.4 is 10.2 Å². The largest absolute Gasteiger partial charge is 0.481 e. The Morgan fingerprint density at radius 2 is 2.08 bits per heavy atom. The number of anilines is 2. The zero-order chi connectivity index (χ0) is 18.7. The minimum absolute atomic E-state index is 0.447. The van der Waals surface area contributed by atoms with Crippen molar-refractivity contribution >= 4 is 17.3 Å². The highest BCUT2D eigenvalue weighted by atomic mass is 16.5. The van der Waals surface area contributed by atoms with Gasteiger partial charge in [-0.15, -0.1) is 0 Å². The van der Waals surface area contributed by atoms with E-state index >= 15 is 0 Å². The third-order valence-electron chi connectivity index (χ3n) is 5.80. The molecule has 1 heterocycles. The van der Waals surface area contributed by atoms with Crippen LogP contribution in [0.4, 0.5) is 11.4 Å². The number of rotatable bonds is 7. The summed E-state index contributed by atoms with van der Waals surface area (Å²) in [5, 5.41) is 13.1. The summed E-state index contributed by atoms with van der Waals surface area (Å²) in [6.07, 6.45) is 4.43. The standard InChI is InChI=1S/C21H30N2O3/c1-4-23(17-8-12-26-13-9-17)19-7-6-16(14-18(19)22-15(2)3)21(20(24)25)10-5-11-21/h6-7,14,17,22H,2,4-5,8-13H2,1,3H3,(H,24,25). The molecule has 2 N–H and O–H groups in total. The van der Waals surface area contributed by atoms with Gasteiger partial charge in [-0.3, -0.25) is 4.79 Å². The Morgan fingerprint density at radius 3 is 2.58 bits per heavy atom. The fourth-order valence-corrected chi connectivity index (χ4v) is 4.19. The van der Waals surface area contributed by atoms with Crippen LogP contribution in [0.25, 0.3) is 0 Å². The second-order valence-electron chi connectivity index (χ2n) is 7.51. The van der Waals surface area contributed by atoms with Crippen LogP contribution in [-0.2, 0) is 14.9 Å². The van der Waals surface area contributed by atoms with Gasteiger partial charge in [-0.05, 0) is 57.2 Å². The highest BCUT2D eigenvalue weighted by Crippen LogP contribution is 2.46. The number of carbonyl (C=O) groups is 1. The Hall–Kier alpha value is -2.01. The first-order chi connectivity index (χ1) is 12.5. The quantitative estimate of drug-likeness (QED) is 0.767. The summed E-state index contributed by atoms with van der Waals surface area (Å²) < 4.78 is 5.52. The van der Waals surface area contributed by atoms with Crippen LogP contribution in [0.3, 0.4) is 0 Å². The first-order valence-corrected chi connectivity index (χ1v) is 9.63. The minimum Gasteiger partial charge on any atom is -0.481 e. The highest BCUT2D eigenvalue weighted by molar-refractivity contribution is 5.84. The Balaban J connectivity index is 1.98. The van der Waals surface area contributed by atoms with Gasteiger partial charge in [-0.25, -0.2) is 0 Å². The molecule has 1 aliphatic heterocycles. The molecule has 0 spiro atoms. The number of ether oxygens (including phenoxy) is 1. The number of hydrogen-bond acceptors (Lipinski definition) is 4. The lowest BCUT2D eigenvalue weighted by molar-refractivity contribution is -0.147. The minimum atomic E-state index is -0.722. The fourth-order valence-electron chi connectivity index (χ4n) is 4.19. The molecule has 2 fully saturated rings. The molecule has 142 valence electrons. The van der Waals surface area contributed by atoms with Crippen molar-refractivity contribution in [1.29, 1.82) is 0 Å². The monoisotopic (exact) mass is 358 g/mol. The van der Waals surface area contributed by atoms with E-state index in [2.05, 4.69) is 29.8 Å². The third kappa shape index (κ3) is 3.45. The topological polar surface area (TPSA) is 61.8 Å². The molecule has 1 aliphatic carbocycles. The highest BCUT2D eigenvalue weighted by Gasteiger charge is 2.46. The molecule has 0 radical (unpaired) electrons. The van der Waals surface area contributed by atoms with Crippen LogP contribution in [0.15, 0.2) is 30.5 Å². The van der Waals surface area contributed by atoms with E-state index in [9.17, 15) is 9.90 Å². The molecule has 1 aromatic rings. The lowest BCUT2D eigenvalue weighted by Crippen LogP contribution is -2.42. The number of nitrogens with one attached hydrogen (secondary N) is 1. The van der Waals surface area contributed by atoms with Gasteiger partial charge < -0.3 is 20.1 Å². The molecule has 0 bridgehead atoms. The van der Waals surface area contributed by atoms with Crippen LogP contribution in [0.1, 0.15) is 51.5 Å². The van der Waals surface area contributed by atoms with E-state index in [1.807, 2.05) is 19.1 Å². The number of nitrogens with zero attached hydrogens (tertiary/aromatic N) is 1. The van der Waals surface area contributed by atoms with E-state index in [0.717, 1.165) is 61.7 Å². The Labute approximate surface area is 156 Å². The molecule has 5 nitrogen and oxygen atoms in total. The maximum absolute atomic E-state index is 11.9. The maximum atomic E-state index is 11.9. The molecule has 5 heteroatoms. The van der Waals surface area contributed by atoms with Crippen molar-refractivity contribution < 1.29 is 14.6 Å². The van der Waals surface area contributed by atoms with E-state index in [-0.39, 0.29) is 0 Å². The van der Waals surface area contributed by atoms with Crippen molar-refractivity contribution in [3.8, 4) is 0 Å². The molecule has 1 saturated heterocycles. The SMILES string of the molecule is C=C(C)Nc1cc(C2(C(=O)O)CCC2)ccc1N(CC)C1CCOCC1. The summed E-state index contributed by atoms with van der Waals surface area (Å²) in [5.41, 5.74) is 3.10. The first kappa shape index (κ1) is 18.8. The van der Waals surface area contributed by atoms with Gasteiger partial charge >= 0.3 is 5.97 Å². The first-order valence-electron chi connectivity index (χ1n) is 9.63. The summed E-state index contributed by atoms with van der Waals surface area (Å²) in [7, 11) is 0. The van der Waals surface area contributed by atoms with Crippen LogP contribution in [0.5, 0.6) is 0 Å². The van der Waals surface area contributed by atoms with E-state index in [1.165, 1.54) is 0 Å². The van der Waals surface area contributed by atoms with Gasteiger partial charge in [0, 0.05) is 31.5 Å². The van der Waals surface area contributed by atoms with Gasteiger partial charge in [-0.1, -0.05) is 19.1 Å². The van der Waals surface area contributed by atoms with Gasteiger partial charge in [0.1, 0.15) is 0 Å². The number of carboxylic acids is 1. The van der Waals surface area contributed by atoms with Crippen molar-refractivity contribution in [3.05, 3.63) is 36.0 Å². The smallest absolute Gasteiger partial charge is 0.314 e. The summed E-state index contributed by atoms with van der Waals surface area (Å²) in [6.45, 7) is 10.6. The van der Waals surface area contributed by atoms with Crippen molar-refractivity contribution in [2.75, 3.05) is 30.0 Å². The van der Waals surface area contributed by atoms with E-state index < -0.39 is 11.4 Å². The molecular weight excluding hydrogens is 328 g/mol. The van der Waals surface area contributed by atoms with Gasteiger partial charge in [0.25, 0.3) is 0 Å². The fraction of sp³-hybridized carbons (Fsp3) is 0.571.